The highest BCUT2D eigenvalue weighted by atomic mass is 35.5. The van der Waals surface area contributed by atoms with Gasteiger partial charge in [0.2, 0.25) is 0 Å². The minimum Gasteiger partial charge on any atom is -0.505 e. The Bertz CT molecular complexity index is 439. The zero-order chi connectivity index (χ0) is 13.9. The number of phenols is 1. The fourth-order valence-corrected chi connectivity index (χ4v) is 1.91. The molecule has 0 radical (unpaired) electrons. The fraction of sp³-hybridized carbons (Fsp3) is 0.364. The second kappa shape index (κ2) is 6.48. The average molecular weight is 313 g/mol. The molecule has 0 bridgehead atoms. The van der Waals surface area contributed by atoms with Gasteiger partial charge in [-0.1, -0.05) is 41.7 Å². The minimum atomic E-state index is -0.595. The maximum Gasteiger partial charge on any atom is 0.256 e. The predicted octanol–water partition coefficient (Wildman–Crippen LogP) is 2.71. The molecule has 0 aromatic heterocycles. The molecule has 18 heavy (non-hydrogen) atoms. The van der Waals surface area contributed by atoms with E-state index in [1.807, 2.05) is 0 Å². The number of rotatable bonds is 4. The van der Waals surface area contributed by atoms with Gasteiger partial charge in [-0.25, -0.2) is 0 Å². The number of carbonyl (C=O) groups excluding carboxylic acids is 1. The van der Waals surface area contributed by atoms with Gasteiger partial charge in [-0.15, -0.1) is 0 Å². The van der Waals surface area contributed by atoms with Gasteiger partial charge in [-0.3, -0.25) is 4.79 Å². The van der Waals surface area contributed by atoms with Crippen LogP contribution in [0.3, 0.4) is 0 Å². The smallest absolute Gasteiger partial charge is 0.256 e. The first-order valence-electron chi connectivity index (χ1n) is 5.14. The molecule has 3 N–H and O–H groups in total. The van der Waals surface area contributed by atoms with E-state index in [1.54, 1.807) is 6.92 Å². The summed E-state index contributed by atoms with van der Waals surface area (Å²) in [5.41, 5.74) is -0.167. The van der Waals surface area contributed by atoms with Crippen LogP contribution in [0.2, 0.25) is 15.1 Å². The van der Waals surface area contributed by atoms with E-state index in [1.165, 1.54) is 6.07 Å². The van der Waals surface area contributed by atoms with Gasteiger partial charge >= 0.3 is 0 Å². The van der Waals surface area contributed by atoms with E-state index in [4.69, 9.17) is 39.9 Å². The molecular weight excluding hydrogens is 300 g/mol. The molecule has 7 heteroatoms. The maximum absolute atomic E-state index is 11.9. The number of aliphatic hydroxyl groups excluding tert-OH is 1. The van der Waals surface area contributed by atoms with Crippen molar-refractivity contribution in [3.05, 3.63) is 26.7 Å². The SMILES string of the molecule is CC(CO)CNC(=O)c1c(O)c(Cl)cc(Cl)c1Cl. The highest BCUT2D eigenvalue weighted by Gasteiger charge is 2.21. The lowest BCUT2D eigenvalue weighted by molar-refractivity contribution is 0.0940. The Morgan fingerprint density at radius 1 is 1.39 bits per heavy atom. The number of benzene rings is 1. The van der Waals surface area contributed by atoms with Crippen molar-refractivity contribution in [2.45, 2.75) is 6.92 Å². The van der Waals surface area contributed by atoms with Gasteiger partial charge in [-0.05, 0) is 12.0 Å². The standard InChI is InChI=1S/C11H12Cl3NO3/c1-5(4-16)3-15-11(18)8-9(14)6(12)2-7(13)10(8)17/h2,5,16-17H,3-4H2,1H3,(H,15,18). The van der Waals surface area contributed by atoms with Crippen LogP contribution in [0.25, 0.3) is 0 Å². The van der Waals surface area contributed by atoms with E-state index in [0.717, 1.165) is 0 Å². The lowest BCUT2D eigenvalue weighted by Crippen LogP contribution is -2.29. The molecule has 0 aliphatic carbocycles. The molecule has 0 fully saturated rings. The Morgan fingerprint density at radius 2 is 2.00 bits per heavy atom. The number of aromatic hydroxyl groups is 1. The quantitative estimate of drug-likeness (QED) is 0.749. The molecule has 0 aliphatic heterocycles. The Balaban J connectivity index is 2.99. The third-order valence-electron chi connectivity index (χ3n) is 2.30. The van der Waals surface area contributed by atoms with Crippen LogP contribution < -0.4 is 5.32 Å². The number of amides is 1. The molecule has 0 saturated heterocycles. The molecule has 1 amide bonds. The molecule has 1 aromatic rings. The van der Waals surface area contributed by atoms with Gasteiger partial charge in [0.05, 0.1) is 15.1 Å². The minimum absolute atomic E-state index is 0.0512. The summed E-state index contributed by atoms with van der Waals surface area (Å²) in [6.45, 7) is 1.94. The third-order valence-corrected chi connectivity index (χ3v) is 3.37. The zero-order valence-corrected chi connectivity index (χ0v) is 11.8. The van der Waals surface area contributed by atoms with Crippen molar-refractivity contribution in [2.24, 2.45) is 5.92 Å². The van der Waals surface area contributed by atoms with Crippen LogP contribution in [-0.2, 0) is 0 Å². The number of nitrogens with one attached hydrogen (secondary N) is 1. The molecule has 100 valence electrons. The van der Waals surface area contributed by atoms with Gasteiger partial charge < -0.3 is 15.5 Å². The van der Waals surface area contributed by atoms with Gasteiger partial charge in [0.25, 0.3) is 5.91 Å². The highest BCUT2D eigenvalue weighted by molar-refractivity contribution is 6.45. The number of aliphatic hydroxyl groups is 1. The average Bonchev–Trinajstić information content (AvgIpc) is 2.33. The Labute approximate surface area is 119 Å². The summed E-state index contributed by atoms with van der Waals surface area (Å²) < 4.78 is 0. The Kier molecular flexibility index (Phi) is 5.53. The van der Waals surface area contributed by atoms with Crippen molar-refractivity contribution in [3.8, 4) is 5.75 Å². The van der Waals surface area contributed by atoms with E-state index < -0.39 is 11.7 Å². The largest absolute Gasteiger partial charge is 0.505 e. The summed E-state index contributed by atoms with van der Waals surface area (Å²) in [5, 5.41) is 21.1. The van der Waals surface area contributed by atoms with Crippen molar-refractivity contribution in [1.82, 2.24) is 5.32 Å². The Morgan fingerprint density at radius 3 is 2.56 bits per heavy atom. The maximum atomic E-state index is 11.9. The summed E-state index contributed by atoms with van der Waals surface area (Å²) in [6.07, 6.45) is 0. The van der Waals surface area contributed by atoms with Gasteiger partial charge in [0, 0.05) is 13.2 Å². The van der Waals surface area contributed by atoms with Crippen molar-refractivity contribution < 1.29 is 15.0 Å². The van der Waals surface area contributed by atoms with Gasteiger partial charge in [0.1, 0.15) is 11.3 Å². The van der Waals surface area contributed by atoms with Crippen molar-refractivity contribution >= 4 is 40.7 Å². The van der Waals surface area contributed by atoms with Gasteiger partial charge in [0.15, 0.2) is 0 Å². The first-order chi connectivity index (χ1) is 8.38. The van der Waals surface area contributed by atoms with Gasteiger partial charge in [-0.2, -0.15) is 0 Å². The summed E-state index contributed by atoms with van der Waals surface area (Å²) in [6, 6.07) is 1.26. The topological polar surface area (TPSA) is 69.6 Å². The van der Waals surface area contributed by atoms with Crippen LogP contribution in [0.4, 0.5) is 0 Å². The first-order valence-corrected chi connectivity index (χ1v) is 6.27. The van der Waals surface area contributed by atoms with E-state index in [-0.39, 0.29) is 39.7 Å². The number of halogens is 3. The van der Waals surface area contributed by atoms with E-state index in [9.17, 15) is 9.90 Å². The zero-order valence-electron chi connectivity index (χ0n) is 9.51. The van der Waals surface area contributed by atoms with Crippen LogP contribution in [0.15, 0.2) is 6.07 Å². The molecule has 1 atom stereocenters. The first kappa shape index (κ1) is 15.4. The van der Waals surface area contributed by atoms with Crippen molar-refractivity contribution in [3.63, 3.8) is 0 Å². The number of hydrogen-bond donors (Lipinski definition) is 3. The van der Waals surface area contributed by atoms with Crippen molar-refractivity contribution in [2.75, 3.05) is 13.2 Å². The van der Waals surface area contributed by atoms with E-state index in [0.29, 0.717) is 0 Å². The molecule has 0 spiro atoms. The number of phenolic OH excluding ortho intramolecular Hbond substituents is 1. The number of carbonyl (C=O) groups is 1. The lowest BCUT2D eigenvalue weighted by atomic mass is 10.1. The van der Waals surface area contributed by atoms with Crippen LogP contribution in [-0.4, -0.2) is 29.3 Å². The van der Waals surface area contributed by atoms with Crippen molar-refractivity contribution in [1.29, 1.82) is 0 Å². The van der Waals surface area contributed by atoms with Crippen LogP contribution in [0.5, 0.6) is 5.75 Å². The lowest BCUT2D eigenvalue weighted by Gasteiger charge is -2.13. The molecule has 4 nitrogen and oxygen atoms in total. The second-order valence-corrected chi connectivity index (χ2v) is 5.07. The summed E-state index contributed by atoms with van der Waals surface area (Å²) in [7, 11) is 0. The van der Waals surface area contributed by atoms with E-state index >= 15 is 0 Å². The molecule has 0 heterocycles. The fourth-order valence-electron chi connectivity index (χ4n) is 1.21. The molecule has 1 unspecified atom stereocenters. The number of hydrogen-bond acceptors (Lipinski definition) is 3. The molecular formula is C11H12Cl3NO3. The summed E-state index contributed by atoms with van der Waals surface area (Å²) in [4.78, 5) is 11.9. The van der Waals surface area contributed by atoms with Crippen LogP contribution in [0.1, 0.15) is 17.3 Å². The highest BCUT2D eigenvalue weighted by Crippen LogP contribution is 2.38. The summed E-state index contributed by atoms with van der Waals surface area (Å²) >= 11 is 17.3. The molecule has 1 rings (SSSR count). The molecule has 0 aliphatic rings. The predicted molar refractivity (Wildman–Crippen MR) is 71.7 cm³/mol. The third kappa shape index (κ3) is 3.42. The molecule has 0 saturated carbocycles. The van der Waals surface area contributed by atoms with Crippen LogP contribution >= 0.6 is 34.8 Å². The van der Waals surface area contributed by atoms with Crippen LogP contribution in [0, 0.1) is 5.92 Å². The molecule has 1 aromatic carbocycles. The Hall–Kier alpha value is -0.680. The second-order valence-electron chi connectivity index (χ2n) is 3.88. The van der Waals surface area contributed by atoms with E-state index in [2.05, 4.69) is 5.32 Å². The summed E-state index contributed by atoms with van der Waals surface area (Å²) in [5.74, 6) is -1.12. The normalized spacial score (nSPS) is 12.3. The monoisotopic (exact) mass is 311 g/mol.